The van der Waals surface area contributed by atoms with Gasteiger partial charge in [0.1, 0.15) is 0 Å². The first kappa shape index (κ1) is 19.7. The molecule has 0 radical (unpaired) electrons. The highest BCUT2D eigenvalue weighted by Crippen LogP contribution is 2.44. The maximum Gasteiger partial charge on any atom is 0.335 e. The fraction of sp³-hybridized carbons (Fsp3) is 0.480. The first-order chi connectivity index (χ1) is 13.2. The molecule has 1 aliphatic rings. The van der Waals surface area contributed by atoms with Crippen LogP contribution in [0.5, 0.6) is 0 Å². The van der Waals surface area contributed by atoms with Gasteiger partial charge in [0, 0.05) is 0 Å². The van der Waals surface area contributed by atoms with Crippen molar-refractivity contribution >= 4 is 5.97 Å². The van der Waals surface area contributed by atoms with Crippen LogP contribution in [0.3, 0.4) is 0 Å². The van der Waals surface area contributed by atoms with Crippen LogP contribution in [0.15, 0.2) is 42.5 Å². The van der Waals surface area contributed by atoms with Crippen molar-refractivity contribution in [2.45, 2.75) is 71.1 Å². The number of hydrogen-bond acceptors (Lipinski definition) is 1. The molecular weight excluding hydrogens is 332 g/mol. The molecular formula is C25H32O2. The van der Waals surface area contributed by atoms with Crippen molar-refractivity contribution in [2.24, 2.45) is 5.92 Å². The third-order valence-corrected chi connectivity index (χ3v) is 6.10. The number of aromatic carboxylic acids is 1. The zero-order valence-electron chi connectivity index (χ0n) is 16.7. The first-order valence-corrected chi connectivity index (χ1v) is 10.6. The van der Waals surface area contributed by atoms with E-state index in [1.807, 2.05) is 18.2 Å². The molecule has 0 amide bonds. The van der Waals surface area contributed by atoms with E-state index in [-0.39, 0.29) is 0 Å². The molecule has 0 spiro atoms. The Labute approximate surface area is 163 Å². The average molecular weight is 365 g/mol. The monoisotopic (exact) mass is 364 g/mol. The zero-order valence-corrected chi connectivity index (χ0v) is 16.7. The van der Waals surface area contributed by atoms with E-state index in [1.54, 1.807) is 0 Å². The van der Waals surface area contributed by atoms with Crippen LogP contribution in [0, 0.1) is 5.92 Å². The summed E-state index contributed by atoms with van der Waals surface area (Å²) >= 11 is 0. The van der Waals surface area contributed by atoms with Gasteiger partial charge in [0.15, 0.2) is 0 Å². The van der Waals surface area contributed by atoms with Crippen LogP contribution in [0.2, 0.25) is 0 Å². The Morgan fingerprint density at radius 3 is 2.26 bits per heavy atom. The van der Waals surface area contributed by atoms with Crippen molar-refractivity contribution in [1.29, 1.82) is 0 Å². The molecule has 144 valence electrons. The maximum absolute atomic E-state index is 12.1. The second kappa shape index (κ2) is 9.21. The minimum absolute atomic E-state index is 0.358. The van der Waals surface area contributed by atoms with Gasteiger partial charge in [0.05, 0.1) is 5.56 Å². The summed E-state index contributed by atoms with van der Waals surface area (Å²) in [6.07, 6.45) is 9.28. The van der Waals surface area contributed by atoms with E-state index in [0.717, 1.165) is 42.7 Å². The second-order valence-electron chi connectivity index (χ2n) is 7.99. The molecule has 1 saturated carbocycles. The lowest BCUT2D eigenvalue weighted by atomic mass is 9.73. The van der Waals surface area contributed by atoms with Crippen molar-refractivity contribution in [3.63, 3.8) is 0 Å². The normalized spacial score (nSPS) is 19.8. The molecule has 1 N–H and O–H groups in total. The summed E-state index contributed by atoms with van der Waals surface area (Å²) in [4.78, 5) is 12.1. The molecule has 0 aliphatic heterocycles. The van der Waals surface area contributed by atoms with Gasteiger partial charge in [0.25, 0.3) is 0 Å². The van der Waals surface area contributed by atoms with Crippen LogP contribution < -0.4 is 0 Å². The van der Waals surface area contributed by atoms with E-state index in [9.17, 15) is 9.90 Å². The number of aryl methyl sites for hydroxylation is 1. The highest BCUT2D eigenvalue weighted by molar-refractivity contribution is 5.93. The van der Waals surface area contributed by atoms with Crippen LogP contribution in [0.4, 0.5) is 0 Å². The van der Waals surface area contributed by atoms with Crippen molar-refractivity contribution in [3.05, 3.63) is 59.2 Å². The topological polar surface area (TPSA) is 37.3 Å². The highest BCUT2D eigenvalue weighted by Gasteiger charge is 2.29. The van der Waals surface area contributed by atoms with Crippen molar-refractivity contribution in [1.82, 2.24) is 0 Å². The number of carboxylic acid groups (broad SMARTS) is 1. The smallest absolute Gasteiger partial charge is 0.335 e. The minimum Gasteiger partial charge on any atom is -0.478 e. The van der Waals surface area contributed by atoms with Gasteiger partial charge >= 0.3 is 5.97 Å². The fourth-order valence-electron chi connectivity index (χ4n) is 4.85. The number of carboxylic acids is 1. The number of hydrogen-bond donors (Lipinski definition) is 1. The van der Waals surface area contributed by atoms with E-state index in [4.69, 9.17) is 0 Å². The Morgan fingerprint density at radius 1 is 0.963 bits per heavy atom. The Kier molecular flexibility index (Phi) is 6.71. The minimum atomic E-state index is -0.791. The van der Waals surface area contributed by atoms with Gasteiger partial charge in [-0.2, -0.15) is 0 Å². The third-order valence-electron chi connectivity index (χ3n) is 6.10. The molecule has 0 saturated heterocycles. The quantitative estimate of drug-likeness (QED) is 0.570. The van der Waals surface area contributed by atoms with E-state index >= 15 is 0 Å². The molecule has 0 unspecified atom stereocenters. The van der Waals surface area contributed by atoms with Crippen LogP contribution >= 0.6 is 0 Å². The average Bonchev–Trinajstić information content (AvgIpc) is 2.69. The SMILES string of the molecule is CCCc1ccc(C(=O)O)c(C2CCC(CCC)CC2)c1-c1ccccc1. The molecule has 2 heteroatoms. The Hall–Kier alpha value is -2.09. The zero-order chi connectivity index (χ0) is 19.2. The van der Waals surface area contributed by atoms with E-state index in [1.165, 1.54) is 36.8 Å². The Bertz CT molecular complexity index is 755. The van der Waals surface area contributed by atoms with Gasteiger partial charge in [0.2, 0.25) is 0 Å². The van der Waals surface area contributed by atoms with Crippen molar-refractivity contribution < 1.29 is 9.90 Å². The molecule has 1 fully saturated rings. The Balaban J connectivity index is 2.09. The largest absolute Gasteiger partial charge is 0.478 e. The molecule has 3 rings (SSSR count). The molecule has 0 atom stereocenters. The molecule has 27 heavy (non-hydrogen) atoms. The molecule has 0 heterocycles. The number of rotatable bonds is 7. The lowest BCUT2D eigenvalue weighted by Crippen LogP contribution is -2.17. The fourth-order valence-corrected chi connectivity index (χ4v) is 4.85. The predicted octanol–water partition coefficient (Wildman–Crippen LogP) is 7.08. The lowest BCUT2D eigenvalue weighted by molar-refractivity contribution is 0.0694. The molecule has 1 aliphatic carbocycles. The summed E-state index contributed by atoms with van der Waals surface area (Å²) in [5, 5.41) is 9.92. The van der Waals surface area contributed by atoms with E-state index in [0.29, 0.717) is 11.5 Å². The summed E-state index contributed by atoms with van der Waals surface area (Å²) in [5.74, 6) is 0.385. The number of carbonyl (C=O) groups is 1. The molecule has 2 nitrogen and oxygen atoms in total. The highest BCUT2D eigenvalue weighted by atomic mass is 16.4. The van der Waals surface area contributed by atoms with Crippen LogP contribution in [-0.2, 0) is 6.42 Å². The summed E-state index contributed by atoms with van der Waals surface area (Å²) in [5.41, 5.74) is 5.24. The van der Waals surface area contributed by atoms with Gasteiger partial charge in [-0.15, -0.1) is 0 Å². The van der Waals surface area contributed by atoms with Gasteiger partial charge in [-0.1, -0.05) is 69.5 Å². The summed E-state index contributed by atoms with van der Waals surface area (Å²) in [6, 6.07) is 14.3. The van der Waals surface area contributed by atoms with Crippen LogP contribution in [0.25, 0.3) is 11.1 Å². The van der Waals surface area contributed by atoms with Gasteiger partial charge in [-0.05, 0) is 72.3 Å². The molecule has 2 aromatic carbocycles. The first-order valence-electron chi connectivity index (χ1n) is 10.6. The van der Waals surface area contributed by atoms with Gasteiger partial charge in [-0.25, -0.2) is 4.79 Å². The standard InChI is InChI=1S/C25H32O2/c1-3-8-18-12-14-21(15-13-18)24-22(25(26)27)17-16-19(9-4-2)23(24)20-10-6-5-7-11-20/h5-7,10-11,16-18,21H,3-4,8-9,12-15H2,1-2H3,(H,26,27). The summed E-state index contributed by atoms with van der Waals surface area (Å²) < 4.78 is 0. The van der Waals surface area contributed by atoms with Crippen LogP contribution in [-0.4, -0.2) is 11.1 Å². The van der Waals surface area contributed by atoms with Crippen molar-refractivity contribution in [2.75, 3.05) is 0 Å². The molecule has 2 aromatic rings. The van der Waals surface area contributed by atoms with E-state index < -0.39 is 5.97 Å². The van der Waals surface area contributed by atoms with Gasteiger partial charge < -0.3 is 5.11 Å². The Morgan fingerprint density at radius 2 is 1.67 bits per heavy atom. The summed E-state index contributed by atoms with van der Waals surface area (Å²) in [7, 11) is 0. The molecule has 0 bridgehead atoms. The van der Waals surface area contributed by atoms with Crippen LogP contribution in [0.1, 0.15) is 86.2 Å². The number of benzene rings is 2. The predicted molar refractivity (Wildman–Crippen MR) is 112 cm³/mol. The summed E-state index contributed by atoms with van der Waals surface area (Å²) in [6.45, 7) is 4.45. The van der Waals surface area contributed by atoms with Crippen molar-refractivity contribution in [3.8, 4) is 11.1 Å². The van der Waals surface area contributed by atoms with E-state index in [2.05, 4.69) is 38.1 Å². The third kappa shape index (κ3) is 4.43. The lowest BCUT2D eigenvalue weighted by Gasteiger charge is -2.31. The second-order valence-corrected chi connectivity index (χ2v) is 7.99. The maximum atomic E-state index is 12.1. The molecule has 0 aromatic heterocycles. The van der Waals surface area contributed by atoms with Gasteiger partial charge in [-0.3, -0.25) is 0 Å².